The number of hydrogen-bond acceptors (Lipinski definition) is 2. The zero-order valence-corrected chi connectivity index (χ0v) is 8.69. The fraction of sp³-hybridized carbons (Fsp3) is 0.364. The molecule has 2 rings (SSSR count). The number of hydrogen-bond donors (Lipinski definition) is 2. The molecule has 1 aliphatic rings. The van der Waals surface area contributed by atoms with Gasteiger partial charge in [0.1, 0.15) is 5.82 Å². The first kappa shape index (κ1) is 10.9. The van der Waals surface area contributed by atoms with Crippen molar-refractivity contribution in [1.29, 1.82) is 0 Å². The lowest BCUT2D eigenvalue weighted by Crippen LogP contribution is -2.33. The van der Waals surface area contributed by atoms with Gasteiger partial charge in [-0.2, -0.15) is 0 Å². The Morgan fingerprint density at radius 2 is 2.38 bits per heavy atom. The predicted octanol–water partition coefficient (Wildman–Crippen LogP) is 1.42. The number of nitrogens with one attached hydrogen (secondary N) is 1. The summed E-state index contributed by atoms with van der Waals surface area (Å²) in [6.07, 6.45) is 0.148. The zero-order chi connectivity index (χ0) is 11.5. The number of benzene rings is 1. The van der Waals surface area contributed by atoms with Gasteiger partial charge in [0.2, 0.25) is 0 Å². The molecule has 1 fully saturated rings. The minimum absolute atomic E-state index is 0.304. The molecule has 1 saturated heterocycles. The lowest BCUT2D eigenvalue weighted by atomic mass is 10.3. The molecule has 5 heteroatoms. The van der Waals surface area contributed by atoms with Crippen LogP contribution in [0.1, 0.15) is 6.42 Å². The van der Waals surface area contributed by atoms with Crippen molar-refractivity contribution in [3.63, 3.8) is 0 Å². The molecular weight excluding hydrogens is 211 g/mol. The summed E-state index contributed by atoms with van der Waals surface area (Å²) in [6, 6.07) is 5.42. The lowest BCUT2D eigenvalue weighted by molar-refractivity contribution is 0.176. The van der Waals surface area contributed by atoms with Gasteiger partial charge in [0, 0.05) is 18.8 Å². The van der Waals surface area contributed by atoms with Crippen LogP contribution in [0.15, 0.2) is 24.3 Å². The number of nitrogens with zero attached hydrogens (tertiary/aromatic N) is 1. The fourth-order valence-electron chi connectivity index (χ4n) is 1.70. The highest BCUT2D eigenvalue weighted by molar-refractivity contribution is 5.89. The van der Waals surface area contributed by atoms with E-state index in [9.17, 15) is 14.3 Å². The Bertz CT molecular complexity index is 397. The predicted molar refractivity (Wildman–Crippen MR) is 57.6 cm³/mol. The molecule has 0 aromatic heterocycles. The summed E-state index contributed by atoms with van der Waals surface area (Å²) >= 11 is 0. The van der Waals surface area contributed by atoms with Crippen molar-refractivity contribution in [3.05, 3.63) is 30.1 Å². The van der Waals surface area contributed by atoms with Gasteiger partial charge in [-0.3, -0.25) is 0 Å². The Morgan fingerprint density at radius 1 is 1.56 bits per heavy atom. The highest BCUT2D eigenvalue weighted by Gasteiger charge is 2.24. The quantitative estimate of drug-likeness (QED) is 0.758. The number of aliphatic hydroxyl groups is 1. The second-order valence-electron chi connectivity index (χ2n) is 3.83. The Labute approximate surface area is 92.7 Å². The van der Waals surface area contributed by atoms with Crippen molar-refractivity contribution in [2.45, 2.75) is 12.5 Å². The molecule has 0 saturated carbocycles. The van der Waals surface area contributed by atoms with Gasteiger partial charge in [-0.1, -0.05) is 6.07 Å². The van der Waals surface area contributed by atoms with Gasteiger partial charge in [-0.25, -0.2) is 9.18 Å². The average Bonchev–Trinajstić information content (AvgIpc) is 2.65. The van der Waals surface area contributed by atoms with Crippen LogP contribution in [0.3, 0.4) is 0 Å². The first-order valence-electron chi connectivity index (χ1n) is 5.15. The molecular formula is C11H13FN2O2. The third kappa shape index (κ3) is 2.49. The van der Waals surface area contributed by atoms with Crippen LogP contribution in [0.2, 0.25) is 0 Å². The summed E-state index contributed by atoms with van der Waals surface area (Å²) in [7, 11) is 0. The van der Waals surface area contributed by atoms with Crippen molar-refractivity contribution in [3.8, 4) is 0 Å². The topological polar surface area (TPSA) is 52.6 Å². The molecule has 1 aromatic carbocycles. The smallest absolute Gasteiger partial charge is 0.321 e. The number of amides is 2. The van der Waals surface area contributed by atoms with Gasteiger partial charge in [-0.15, -0.1) is 0 Å². The number of carbonyl (C=O) groups is 1. The van der Waals surface area contributed by atoms with E-state index in [4.69, 9.17) is 0 Å². The molecule has 1 atom stereocenters. The summed E-state index contributed by atoms with van der Waals surface area (Å²) < 4.78 is 12.9. The number of likely N-dealkylation sites (tertiary alicyclic amines) is 1. The largest absolute Gasteiger partial charge is 0.391 e. The molecule has 2 amide bonds. The van der Waals surface area contributed by atoms with Gasteiger partial charge in [-0.05, 0) is 24.6 Å². The van der Waals surface area contributed by atoms with Crippen LogP contribution in [-0.2, 0) is 0 Å². The zero-order valence-electron chi connectivity index (χ0n) is 8.69. The molecule has 0 aliphatic carbocycles. The van der Waals surface area contributed by atoms with E-state index < -0.39 is 6.10 Å². The molecule has 0 spiro atoms. The van der Waals surface area contributed by atoms with Crippen molar-refractivity contribution in [2.75, 3.05) is 18.4 Å². The highest BCUT2D eigenvalue weighted by atomic mass is 19.1. The second kappa shape index (κ2) is 4.49. The van der Waals surface area contributed by atoms with Crippen LogP contribution >= 0.6 is 0 Å². The molecule has 1 aliphatic heterocycles. The molecule has 16 heavy (non-hydrogen) atoms. The number of urea groups is 1. The minimum Gasteiger partial charge on any atom is -0.391 e. The molecule has 2 N–H and O–H groups in total. The summed E-state index contributed by atoms with van der Waals surface area (Å²) in [5.41, 5.74) is 0.423. The van der Waals surface area contributed by atoms with Crippen LogP contribution in [0.4, 0.5) is 14.9 Å². The Morgan fingerprint density at radius 3 is 3.00 bits per heavy atom. The maximum atomic E-state index is 12.9. The Balaban J connectivity index is 1.97. The van der Waals surface area contributed by atoms with Crippen molar-refractivity contribution >= 4 is 11.7 Å². The third-order valence-corrected chi connectivity index (χ3v) is 2.53. The monoisotopic (exact) mass is 224 g/mol. The van der Waals surface area contributed by atoms with E-state index in [1.54, 1.807) is 6.07 Å². The maximum Gasteiger partial charge on any atom is 0.321 e. The second-order valence-corrected chi connectivity index (χ2v) is 3.83. The van der Waals surface area contributed by atoms with Crippen molar-refractivity contribution in [1.82, 2.24) is 4.90 Å². The SMILES string of the molecule is O=C(Nc1cccc(F)c1)N1CC[C@@H](O)C1. The van der Waals surface area contributed by atoms with Crippen LogP contribution in [0, 0.1) is 5.82 Å². The number of halogens is 1. The van der Waals surface area contributed by atoms with Gasteiger partial charge >= 0.3 is 6.03 Å². The first-order valence-corrected chi connectivity index (χ1v) is 5.15. The van der Waals surface area contributed by atoms with E-state index in [2.05, 4.69) is 5.32 Å². The van der Waals surface area contributed by atoms with E-state index in [-0.39, 0.29) is 11.8 Å². The average molecular weight is 224 g/mol. The van der Waals surface area contributed by atoms with Crippen LogP contribution < -0.4 is 5.32 Å². The molecule has 1 heterocycles. The normalized spacial score (nSPS) is 19.9. The molecule has 0 radical (unpaired) electrons. The molecule has 0 bridgehead atoms. The molecule has 4 nitrogen and oxygen atoms in total. The van der Waals surface area contributed by atoms with Gasteiger partial charge in [0.05, 0.1) is 6.10 Å². The fourth-order valence-corrected chi connectivity index (χ4v) is 1.70. The maximum absolute atomic E-state index is 12.9. The van der Waals surface area contributed by atoms with Gasteiger partial charge < -0.3 is 15.3 Å². The molecule has 1 aromatic rings. The Kier molecular flexibility index (Phi) is 3.05. The number of rotatable bonds is 1. The molecule has 86 valence electrons. The number of aliphatic hydroxyl groups excluding tert-OH is 1. The Hall–Kier alpha value is -1.62. The molecule has 0 unspecified atom stereocenters. The van der Waals surface area contributed by atoms with E-state index in [1.165, 1.54) is 23.1 Å². The van der Waals surface area contributed by atoms with Crippen LogP contribution in [0.5, 0.6) is 0 Å². The third-order valence-electron chi connectivity index (χ3n) is 2.53. The lowest BCUT2D eigenvalue weighted by Gasteiger charge is -2.16. The number of β-amino-alcohol motifs (C(OH)–C–C–N with tert-alkyl or cyclic N) is 1. The van der Waals surface area contributed by atoms with Crippen molar-refractivity contribution in [2.24, 2.45) is 0 Å². The van der Waals surface area contributed by atoms with E-state index in [1.807, 2.05) is 0 Å². The number of carbonyl (C=O) groups excluding carboxylic acids is 1. The summed E-state index contributed by atoms with van der Waals surface area (Å²) in [4.78, 5) is 13.2. The highest BCUT2D eigenvalue weighted by Crippen LogP contribution is 2.13. The minimum atomic E-state index is -0.446. The van der Waals surface area contributed by atoms with E-state index >= 15 is 0 Å². The van der Waals surface area contributed by atoms with E-state index in [0.29, 0.717) is 25.2 Å². The van der Waals surface area contributed by atoms with E-state index in [0.717, 1.165) is 0 Å². The van der Waals surface area contributed by atoms with Crippen LogP contribution in [-0.4, -0.2) is 35.2 Å². The van der Waals surface area contributed by atoms with Gasteiger partial charge in [0.25, 0.3) is 0 Å². The summed E-state index contributed by atoms with van der Waals surface area (Å²) in [5.74, 6) is -0.390. The van der Waals surface area contributed by atoms with Crippen molar-refractivity contribution < 1.29 is 14.3 Å². The summed E-state index contributed by atoms with van der Waals surface area (Å²) in [6.45, 7) is 0.865. The van der Waals surface area contributed by atoms with Crippen LogP contribution in [0.25, 0.3) is 0 Å². The van der Waals surface area contributed by atoms with Gasteiger partial charge in [0.15, 0.2) is 0 Å². The first-order chi connectivity index (χ1) is 7.65. The number of anilines is 1. The summed E-state index contributed by atoms with van der Waals surface area (Å²) in [5, 5.41) is 11.9. The standard InChI is InChI=1S/C11H13FN2O2/c12-8-2-1-3-9(6-8)13-11(16)14-5-4-10(15)7-14/h1-3,6,10,15H,4-5,7H2,(H,13,16)/t10-/m1/s1.